The summed E-state index contributed by atoms with van der Waals surface area (Å²) in [6.45, 7) is 2.37. The van der Waals surface area contributed by atoms with E-state index in [0.29, 0.717) is 13.0 Å². The number of benzene rings is 1. The molecule has 1 aliphatic heterocycles. The largest absolute Gasteiger partial charge is 0.510 e. The minimum absolute atomic E-state index is 0.149. The number of phenols is 1. The number of hydrogen-bond donors (Lipinski definition) is 5. The number of fused-ring (bicyclic) bond motifs is 3. The van der Waals surface area contributed by atoms with Crippen LogP contribution in [-0.4, -0.2) is 87.0 Å². The molecule has 10 nitrogen and oxygen atoms in total. The molecule has 0 spiro atoms. The summed E-state index contributed by atoms with van der Waals surface area (Å²) in [4.78, 5) is 42.4. The van der Waals surface area contributed by atoms with Gasteiger partial charge in [-0.15, -0.1) is 0 Å². The Hall–Kier alpha value is -3.42. The summed E-state index contributed by atoms with van der Waals surface area (Å²) in [6.07, 6.45) is -4.98. The summed E-state index contributed by atoms with van der Waals surface area (Å²) < 4.78 is 44.3. The van der Waals surface area contributed by atoms with Gasteiger partial charge in [0.15, 0.2) is 11.4 Å². The minimum Gasteiger partial charge on any atom is -0.510 e. The Bertz CT molecular complexity index is 1440. The quantitative estimate of drug-likeness (QED) is 0.338. The zero-order chi connectivity index (χ0) is 30.5. The maximum atomic E-state index is 14.8. The number of hydrogen-bond acceptors (Lipinski definition) is 9. The van der Waals surface area contributed by atoms with Crippen molar-refractivity contribution in [1.29, 1.82) is 0 Å². The van der Waals surface area contributed by atoms with Crippen LogP contribution in [0.3, 0.4) is 0 Å². The first-order chi connectivity index (χ1) is 18.9. The molecule has 3 aliphatic carbocycles. The lowest BCUT2D eigenvalue weighted by atomic mass is 9.58. The van der Waals surface area contributed by atoms with Crippen molar-refractivity contribution in [2.24, 2.45) is 23.5 Å². The van der Waals surface area contributed by atoms with Crippen molar-refractivity contribution in [3.8, 4) is 5.75 Å². The number of nitrogens with two attached hydrogens (primary N) is 1. The molecule has 1 aromatic carbocycles. The lowest BCUT2D eigenvalue weighted by Crippen LogP contribution is -2.63. The summed E-state index contributed by atoms with van der Waals surface area (Å²) in [5.41, 5.74) is -1.27. The molecule has 4 aliphatic rings. The lowest BCUT2D eigenvalue weighted by Gasteiger charge is -2.50. The Balaban J connectivity index is 1.75. The number of carbonyl (C=O) groups is 3. The number of nitrogens with zero attached hydrogens (tertiary/aromatic N) is 2. The molecular formula is C28H32F3N3O7. The van der Waals surface area contributed by atoms with Gasteiger partial charge in [-0.3, -0.25) is 24.2 Å². The van der Waals surface area contributed by atoms with Gasteiger partial charge in [-0.05, 0) is 76.0 Å². The van der Waals surface area contributed by atoms with Crippen LogP contribution in [0.4, 0.5) is 13.2 Å². The molecule has 1 saturated heterocycles. The fraction of sp³-hybridized carbons (Fsp3) is 0.536. The number of Topliss-reactive ketones (excluding diaryl/α,β-unsaturated/α-hetero) is 2. The second kappa shape index (κ2) is 9.30. The third-order valence-corrected chi connectivity index (χ3v) is 9.31. The molecular weight excluding hydrogens is 547 g/mol. The van der Waals surface area contributed by atoms with Crippen molar-refractivity contribution in [1.82, 2.24) is 9.80 Å². The van der Waals surface area contributed by atoms with Crippen LogP contribution in [0.2, 0.25) is 0 Å². The average Bonchev–Trinajstić information content (AvgIpc) is 3.17. The third kappa shape index (κ3) is 3.92. The van der Waals surface area contributed by atoms with Crippen molar-refractivity contribution in [3.63, 3.8) is 0 Å². The first-order valence-corrected chi connectivity index (χ1v) is 13.2. The number of carbonyl (C=O) groups excluding carboxylic acids is 3. The number of primary amides is 1. The highest BCUT2D eigenvalue weighted by molar-refractivity contribution is 6.24. The summed E-state index contributed by atoms with van der Waals surface area (Å²) in [7, 11) is 4.63. The summed E-state index contributed by atoms with van der Waals surface area (Å²) in [5, 5.41) is 44.8. The van der Waals surface area contributed by atoms with Gasteiger partial charge >= 0.3 is 6.18 Å². The normalized spacial score (nSPS) is 32.4. The highest BCUT2D eigenvalue weighted by Gasteiger charge is 2.63. The fourth-order valence-corrected chi connectivity index (χ4v) is 7.60. The van der Waals surface area contributed by atoms with Gasteiger partial charge in [0, 0.05) is 17.5 Å². The number of aromatic hydroxyl groups is 1. The van der Waals surface area contributed by atoms with Crippen LogP contribution in [0.25, 0.3) is 0 Å². The minimum atomic E-state index is -4.89. The van der Waals surface area contributed by atoms with Gasteiger partial charge < -0.3 is 26.2 Å². The van der Waals surface area contributed by atoms with E-state index >= 15 is 0 Å². The van der Waals surface area contributed by atoms with Crippen LogP contribution >= 0.6 is 0 Å². The standard InChI is InChI=1S/C28H32F3N3O7/c1-10-5-6-34(4)20(10)13-9-15(35)17-12(19(13)28(29,30)31)7-11-8-14-21(33(2)3)23(37)18(26(32)40)25(39)27(14,41)24(38)16(11)22(17)36/h9-11,14,20-21,35,37-38,41H,5-8H2,1-4H3,(H2,32,40)/t10?,11-,14-,20?,21-,27-/m0/s1. The molecule has 1 fully saturated rings. The maximum absolute atomic E-state index is 14.8. The van der Waals surface area contributed by atoms with E-state index in [4.69, 9.17) is 5.73 Å². The molecule has 0 bridgehead atoms. The Morgan fingerprint density at radius 2 is 1.83 bits per heavy atom. The topological polar surface area (TPSA) is 165 Å². The molecule has 13 heteroatoms. The van der Waals surface area contributed by atoms with Gasteiger partial charge in [0.1, 0.15) is 22.8 Å². The van der Waals surface area contributed by atoms with Crippen molar-refractivity contribution < 1.29 is 48.0 Å². The van der Waals surface area contributed by atoms with E-state index in [1.54, 1.807) is 11.9 Å². The third-order valence-electron chi connectivity index (χ3n) is 9.31. The lowest BCUT2D eigenvalue weighted by molar-refractivity contribution is -0.148. The first-order valence-electron chi connectivity index (χ1n) is 13.2. The molecule has 1 amide bonds. The number of alkyl halides is 3. The van der Waals surface area contributed by atoms with E-state index < -0.39 is 105 Å². The Kier molecular flexibility index (Phi) is 6.59. The van der Waals surface area contributed by atoms with Crippen LogP contribution in [0, 0.1) is 17.8 Å². The van der Waals surface area contributed by atoms with E-state index in [0.717, 1.165) is 6.07 Å². The highest BCUT2D eigenvalue weighted by Crippen LogP contribution is 2.55. The number of likely N-dealkylation sites (N-methyl/N-ethyl adjacent to an activating group) is 1. The number of aliphatic hydroxyl groups excluding tert-OH is 2. The number of aliphatic hydroxyl groups is 3. The molecule has 2 unspecified atom stereocenters. The maximum Gasteiger partial charge on any atom is 0.417 e. The number of phenolic OH excluding ortho intramolecular Hbond substituents is 1. The van der Waals surface area contributed by atoms with Gasteiger partial charge in [0.05, 0.1) is 17.2 Å². The predicted octanol–water partition coefficient (Wildman–Crippen LogP) is 2.15. The van der Waals surface area contributed by atoms with Crippen molar-refractivity contribution >= 4 is 17.5 Å². The van der Waals surface area contributed by atoms with E-state index in [1.807, 2.05) is 6.92 Å². The van der Waals surface area contributed by atoms with E-state index in [2.05, 4.69) is 0 Å². The summed E-state index contributed by atoms with van der Waals surface area (Å²) in [6, 6.07) is -0.959. The van der Waals surface area contributed by atoms with E-state index in [9.17, 15) is 48.0 Å². The molecule has 6 N–H and O–H groups in total. The van der Waals surface area contributed by atoms with Crippen molar-refractivity contribution in [2.45, 2.75) is 50.0 Å². The molecule has 0 saturated carbocycles. The zero-order valence-electron chi connectivity index (χ0n) is 22.9. The van der Waals surface area contributed by atoms with Gasteiger partial charge in [-0.1, -0.05) is 6.92 Å². The Morgan fingerprint density at radius 1 is 1.20 bits per heavy atom. The number of amides is 1. The van der Waals surface area contributed by atoms with Crippen molar-refractivity contribution in [3.05, 3.63) is 51.0 Å². The fourth-order valence-electron chi connectivity index (χ4n) is 7.60. The molecule has 0 aromatic heterocycles. The SMILES string of the molecule is CC1CCN(C)C1c1cc(O)c2c(c1C(F)(F)F)C[C@H]1C[C@H]3[C@H](N(C)C)C(O)=C(C(N)=O)C(=O)[C@@]3(O)C(O)=C1C2=O. The van der Waals surface area contributed by atoms with Crippen LogP contribution in [0.15, 0.2) is 28.7 Å². The molecule has 5 rings (SSSR count). The number of rotatable bonds is 3. The second-order valence-electron chi connectivity index (χ2n) is 11.9. The first kappa shape index (κ1) is 29.1. The van der Waals surface area contributed by atoms with Crippen LogP contribution in [-0.2, 0) is 22.2 Å². The Labute approximate surface area is 233 Å². The predicted molar refractivity (Wildman–Crippen MR) is 138 cm³/mol. The second-order valence-corrected chi connectivity index (χ2v) is 11.9. The number of likely N-dealkylation sites (tertiary alicyclic amines) is 1. The zero-order valence-corrected chi connectivity index (χ0v) is 22.9. The van der Waals surface area contributed by atoms with Gasteiger partial charge in [-0.2, -0.15) is 13.2 Å². The average molecular weight is 580 g/mol. The number of halogens is 3. The van der Waals surface area contributed by atoms with E-state index in [-0.39, 0.29) is 17.9 Å². The van der Waals surface area contributed by atoms with Crippen molar-refractivity contribution in [2.75, 3.05) is 27.7 Å². The van der Waals surface area contributed by atoms with Gasteiger partial charge in [0.25, 0.3) is 5.91 Å². The molecule has 41 heavy (non-hydrogen) atoms. The van der Waals surface area contributed by atoms with Gasteiger partial charge in [0.2, 0.25) is 5.78 Å². The summed E-state index contributed by atoms with van der Waals surface area (Å²) >= 11 is 0. The van der Waals surface area contributed by atoms with Gasteiger partial charge in [-0.25, -0.2) is 0 Å². The van der Waals surface area contributed by atoms with E-state index in [1.165, 1.54) is 19.0 Å². The van der Waals surface area contributed by atoms with Crippen LogP contribution in [0.1, 0.15) is 52.9 Å². The molecule has 1 aromatic rings. The number of ketones is 2. The molecule has 1 heterocycles. The highest BCUT2D eigenvalue weighted by atomic mass is 19.4. The van der Waals surface area contributed by atoms with Crippen LogP contribution in [0.5, 0.6) is 5.75 Å². The molecule has 0 radical (unpaired) electrons. The summed E-state index contributed by atoms with van der Waals surface area (Å²) in [5.74, 6) is -9.11. The van der Waals surface area contributed by atoms with Crippen LogP contribution < -0.4 is 5.73 Å². The Morgan fingerprint density at radius 3 is 2.34 bits per heavy atom. The monoisotopic (exact) mass is 579 g/mol. The molecule has 6 atom stereocenters. The smallest absolute Gasteiger partial charge is 0.417 e. The molecule has 222 valence electrons. The number of allylic oxidation sites excluding steroid dienone is 1.